The lowest BCUT2D eigenvalue weighted by Gasteiger charge is -2.42. The van der Waals surface area contributed by atoms with Crippen molar-refractivity contribution in [2.24, 2.45) is 0 Å². The van der Waals surface area contributed by atoms with Crippen molar-refractivity contribution < 1.29 is 73.8 Å². The third-order valence-electron chi connectivity index (χ3n) is 10.9. The average Bonchev–Trinajstić information content (AvgIpc) is 3.25. The number of carbonyl (C=O) groups is 2. The summed E-state index contributed by atoms with van der Waals surface area (Å²) < 4.78 is 33.4. The van der Waals surface area contributed by atoms with Crippen LogP contribution < -0.4 is 0 Å². The van der Waals surface area contributed by atoms with Gasteiger partial charge in [-0.1, -0.05) is 121 Å². The quantitative estimate of drug-likeness (QED) is 0.0257. The summed E-state index contributed by atoms with van der Waals surface area (Å²) in [6.07, 6.45) is 16.2. The van der Waals surface area contributed by atoms with E-state index >= 15 is 0 Å². The van der Waals surface area contributed by atoms with Gasteiger partial charge in [-0.3, -0.25) is 9.59 Å². The van der Waals surface area contributed by atoms with Gasteiger partial charge in [0, 0.05) is 12.8 Å². The molecule has 0 aliphatic carbocycles. The van der Waals surface area contributed by atoms with Gasteiger partial charge >= 0.3 is 11.9 Å². The Hall–Kier alpha value is -2.28. The second-order valence-electron chi connectivity index (χ2n) is 16.2. The SMILES string of the molecule is CCCCC/C=C/C/C=C/C/C=C/CCCCC(=O)OC[C@H](CO[C@@H]1O[C@H](CO[C@@H]2O[C@H](CO)[C@H](O)C(O)C2O)[C@H](O)C(O)C1O)OC(=O)CCCCCCCCCCCC. The van der Waals surface area contributed by atoms with Gasteiger partial charge in [-0.15, -0.1) is 0 Å². The van der Waals surface area contributed by atoms with Crippen LogP contribution in [0.3, 0.4) is 0 Å². The molecule has 0 bridgehead atoms. The molecule has 61 heavy (non-hydrogen) atoms. The fourth-order valence-electron chi connectivity index (χ4n) is 6.99. The van der Waals surface area contributed by atoms with Crippen molar-refractivity contribution in [3.8, 4) is 0 Å². The lowest BCUT2D eigenvalue weighted by molar-refractivity contribution is -0.332. The van der Waals surface area contributed by atoms with Crippen LogP contribution in [0.5, 0.6) is 0 Å². The number of hydrogen-bond acceptors (Lipinski definition) is 15. The molecule has 7 N–H and O–H groups in total. The third-order valence-corrected chi connectivity index (χ3v) is 10.9. The topological polar surface area (TPSA) is 231 Å². The summed E-state index contributed by atoms with van der Waals surface area (Å²) in [5.74, 6) is -0.973. The zero-order valence-electron chi connectivity index (χ0n) is 36.9. The first-order valence-corrected chi connectivity index (χ1v) is 23.1. The Balaban J connectivity index is 1.86. The number of hydrogen-bond donors (Lipinski definition) is 7. The molecule has 0 radical (unpaired) electrons. The summed E-state index contributed by atoms with van der Waals surface area (Å²) in [6, 6.07) is 0. The molecule has 0 amide bonds. The highest BCUT2D eigenvalue weighted by Gasteiger charge is 2.47. The Bertz CT molecular complexity index is 1210. The van der Waals surface area contributed by atoms with Gasteiger partial charge in [0.2, 0.25) is 0 Å². The number of allylic oxidation sites excluding steroid dienone is 6. The third kappa shape index (κ3) is 23.3. The van der Waals surface area contributed by atoms with Gasteiger partial charge in [-0.25, -0.2) is 0 Å². The zero-order chi connectivity index (χ0) is 44.7. The number of unbranched alkanes of at least 4 members (excludes halogenated alkanes) is 14. The lowest BCUT2D eigenvalue weighted by Crippen LogP contribution is -2.61. The summed E-state index contributed by atoms with van der Waals surface area (Å²) in [4.78, 5) is 25.6. The van der Waals surface area contributed by atoms with E-state index in [1.807, 2.05) is 0 Å². The molecule has 0 spiro atoms. The van der Waals surface area contributed by atoms with E-state index in [9.17, 15) is 45.3 Å². The molecule has 15 nitrogen and oxygen atoms in total. The molecule has 2 aliphatic rings. The normalized spacial score (nSPS) is 27.6. The number of carbonyl (C=O) groups excluding carboxylic acids is 2. The van der Waals surface area contributed by atoms with Crippen LogP contribution in [0.4, 0.5) is 0 Å². The smallest absolute Gasteiger partial charge is 0.306 e. The summed E-state index contributed by atoms with van der Waals surface area (Å²) >= 11 is 0. The van der Waals surface area contributed by atoms with Crippen LogP contribution in [0.2, 0.25) is 0 Å². The molecule has 2 fully saturated rings. The van der Waals surface area contributed by atoms with Gasteiger partial charge in [-0.05, 0) is 51.4 Å². The van der Waals surface area contributed by atoms with Gasteiger partial charge < -0.3 is 64.2 Å². The lowest BCUT2D eigenvalue weighted by atomic mass is 9.98. The van der Waals surface area contributed by atoms with Gasteiger partial charge in [0.15, 0.2) is 18.7 Å². The first-order valence-electron chi connectivity index (χ1n) is 23.1. The molecule has 0 aromatic carbocycles. The molecule has 15 heteroatoms. The monoisotopic (exact) mass is 873 g/mol. The van der Waals surface area contributed by atoms with Crippen LogP contribution >= 0.6 is 0 Å². The molecule has 4 unspecified atom stereocenters. The number of aliphatic hydroxyl groups excluding tert-OH is 7. The predicted molar refractivity (Wildman–Crippen MR) is 229 cm³/mol. The molecule has 2 saturated heterocycles. The van der Waals surface area contributed by atoms with Crippen LogP contribution in [0, 0.1) is 0 Å². The maximum Gasteiger partial charge on any atom is 0.306 e. The summed E-state index contributed by atoms with van der Waals surface area (Å²) in [5.41, 5.74) is 0. The minimum Gasteiger partial charge on any atom is -0.462 e. The number of ether oxygens (including phenoxy) is 6. The molecule has 0 aromatic rings. The highest BCUT2D eigenvalue weighted by molar-refractivity contribution is 5.70. The Morgan fingerprint density at radius 1 is 0.525 bits per heavy atom. The molecular weight excluding hydrogens is 792 g/mol. The molecule has 11 atom stereocenters. The second kappa shape index (κ2) is 34.2. The maximum atomic E-state index is 12.9. The predicted octanol–water partition coefficient (Wildman–Crippen LogP) is 4.98. The Labute approximate surface area is 364 Å². The summed E-state index contributed by atoms with van der Waals surface area (Å²) in [6.45, 7) is 2.48. The summed E-state index contributed by atoms with van der Waals surface area (Å²) in [5, 5.41) is 71.8. The summed E-state index contributed by atoms with van der Waals surface area (Å²) in [7, 11) is 0. The molecular formula is C46H80O15. The molecule has 2 aliphatic heterocycles. The van der Waals surface area contributed by atoms with Crippen LogP contribution in [-0.4, -0.2) is 142 Å². The Morgan fingerprint density at radius 3 is 1.57 bits per heavy atom. The van der Waals surface area contributed by atoms with Crippen molar-refractivity contribution in [2.45, 2.75) is 216 Å². The van der Waals surface area contributed by atoms with Crippen LogP contribution in [-0.2, 0) is 38.0 Å². The minimum absolute atomic E-state index is 0.158. The van der Waals surface area contributed by atoms with E-state index in [0.29, 0.717) is 12.8 Å². The highest BCUT2D eigenvalue weighted by Crippen LogP contribution is 2.26. The van der Waals surface area contributed by atoms with Crippen LogP contribution in [0.1, 0.15) is 149 Å². The van der Waals surface area contributed by atoms with E-state index in [1.165, 1.54) is 57.8 Å². The van der Waals surface area contributed by atoms with E-state index in [0.717, 1.165) is 51.4 Å². The Kier molecular flexibility index (Phi) is 30.7. The van der Waals surface area contributed by atoms with Gasteiger partial charge in [-0.2, -0.15) is 0 Å². The first kappa shape index (κ1) is 54.9. The number of rotatable bonds is 34. The van der Waals surface area contributed by atoms with Crippen molar-refractivity contribution >= 4 is 11.9 Å². The zero-order valence-corrected chi connectivity index (χ0v) is 36.9. The van der Waals surface area contributed by atoms with Crippen molar-refractivity contribution in [2.75, 3.05) is 26.4 Å². The standard InChI is InChI=1S/C46H80O15/c1-3-5-7-9-11-13-15-16-17-18-19-21-22-24-26-28-37(48)56-31-34(59-38(49)29-27-25-23-20-14-12-10-8-6-4-2)32-57-45-44(55)42(53)40(51)36(61-45)33-58-46-43(54)41(52)39(50)35(30-47)60-46/h11,13,16-17,19,21,34-36,39-47,50-55H,3-10,12,14-15,18,20,22-33H2,1-2H3/b13-11+,17-16+,21-19+/t34-,35-,36-,39+,40+,41?,42?,43?,44?,45-,46-/m1/s1. The second-order valence-corrected chi connectivity index (χ2v) is 16.2. The fourth-order valence-corrected chi connectivity index (χ4v) is 6.99. The first-order chi connectivity index (χ1) is 29.5. The van der Waals surface area contributed by atoms with Gasteiger partial charge in [0.05, 0.1) is 19.8 Å². The van der Waals surface area contributed by atoms with Crippen LogP contribution in [0.15, 0.2) is 36.5 Å². The molecule has 354 valence electrons. The van der Waals surface area contributed by atoms with E-state index in [2.05, 4.69) is 50.3 Å². The molecule has 0 aromatic heterocycles. The number of aliphatic hydroxyl groups is 7. The Morgan fingerprint density at radius 2 is 0.984 bits per heavy atom. The average molecular weight is 873 g/mol. The van der Waals surface area contributed by atoms with E-state index in [1.54, 1.807) is 0 Å². The maximum absolute atomic E-state index is 12.9. The highest BCUT2D eigenvalue weighted by atomic mass is 16.7. The van der Waals surface area contributed by atoms with Gasteiger partial charge in [0.1, 0.15) is 55.4 Å². The van der Waals surface area contributed by atoms with E-state index in [-0.39, 0.29) is 19.4 Å². The van der Waals surface area contributed by atoms with E-state index in [4.69, 9.17) is 28.4 Å². The fraction of sp³-hybridized carbons (Fsp3) is 0.826. The number of esters is 2. The van der Waals surface area contributed by atoms with Crippen molar-refractivity contribution in [1.82, 2.24) is 0 Å². The van der Waals surface area contributed by atoms with Crippen molar-refractivity contribution in [3.63, 3.8) is 0 Å². The van der Waals surface area contributed by atoms with E-state index < -0.39 is 99.3 Å². The van der Waals surface area contributed by atoms with Gasteiger partial charge in [0.25, 0.3) is 0 Å². The largest absolute Gasteiger partial charge is 0.462 e. The van der Waals surface area contributed by atoms with Crippen LogP contribution in [0.25, 0.3) is 0 Å². The van der Waals surface area contributed by atoms with Crippen molar-refractivity contribution in [1.29, 1.82) is 0 Å². The molecule has 2 heterocycles. The molecule has 2 rings (SSSR count). The van der Waals surface area contributed by atoms with Crippen molar-refractivity contribution in [3.05, 3.63) is 36.5 Å². The minimum atomic E-state index is -1.77. The molecule has 0 saturated carbocycles.